The van der Waals surface area contributed by atoms with Gasteiger partial charge in [0.15, 0.2) is 11.6 Å². The molecule has 2 aromatic carbocycles. The molecule has 0 saturated carbocycles. The first-order valence-corrected chi connectivity index (χ1v) is 7.66. The summed E-state index contributed by atoms with van der Waals surface area (Å²) in [6.45, 7) is -0.150. The molecule has 0 aliphatic rings. The average molecular weight is 400 g/mol. The SMILES string of the molecule is Fc1ccc(COc2cc(Oc3ccc(F)c(C(F)(F)F)c3)ncn2)cc1F. The largest absolute Gasteiger partial charge is 0.473 e. The zero-order valence-corrected chi connectivity index (χ0v) is 13.8. The van der Waals surface area contributed by atoms with E-state index in [0.717, 1.165) is 24.5 Å². The summed E-state index contributed by atoms with van der Waals surface area (Å²) >= 11 is 0. The van der Waals surface area contributed by atoms with Crippen molar-refractivity contribution in [3.05, 3.63) is 77.4 Å². The van der Waals surface area contributed by atoms with Gasteiger partial charge in [-0.15, -0.1) is 0 Å². The van der Waals surface area contributed by atoms with Crippen molar-refractivity contribution in [2.45, 2.75) is 12.8 Å². The number of alkyl halides is 3. The lowest BCUT2D eigenvalue weighted by Gasteiger charge is -2.11. The van der Waals surface area contributed by atoms with Crippen LogP contribution in [-0.4, -0.2) is 9.97 Å². The molecule has 0 unspecified atom stereocenters. The molecule has 0 aliphatic heterocycles. The zero-order chi connectivity index (χ0) is 20.3. The van der Waals surface area contributed by atoms with Gasteiger partial charge in [0.05, 0.1) is 11.6 Å². The van der Waals surface area contributed by atoms with Crippen LogP contribution >= 0.6 is 0 Å². The smallest absolute Gasteiger partial charge is 0.419 e. The van der Waals surface area contributed by atoms with E-state index in [4.69, 9.17) is 9.47 Å². The quantitative estimate of drug-likeness (QED) is 0.547. The summed E-state index contributed by atoms with van der Waals surface area (Å²) in [6, 6.07) is 6.51. The van der Waals surface area contributed by atoms with Crippen molar-refractivity contribution in [3.8, 4) is 17.5 Å². The molecule has 146 valence electrons. The first kappa shape index (κ1) is 19.5. The molecular weight excluding hydrogens is 390 g/mol. The number of benzene rings is 2. The minimum absolute atomic E-state index is 0.0205. The van der Waals surface area contributed by atoms with Crippen molar-refractivity contribution in [1.82, 2.24) is 9.97 Å². The molecule has 1 aromatic heterocycles. The van der Waals surface area contributed by atoms with E-state index >= 15 is 0 Å². The van der Waals surface area contributed by atoms with E-state index in [2.05, 4.69) is 9.97 Å². The van der Waals surface area contributed by atoms with Crippen molar-refractivity contribution >= 4 is 0 Å². The summed E-state index contributed by atoms with van der Waals surface area (Å²) in [5.74, 6) is -3.94. The molecule has 0 aliphatic carbocycles. The van der Waals surface area contributed by atoms with Crippen molar-refractivity contribution in [2.75, 3.05) is 0 Å². The Balaban J connectivity index is 1.72. The molecule has 0 amide bonds. The minimum atomic E-state index is -4.88. The van der Waals surface area contributed by atoms with Gasteiger partial charge in [-0.2, -0.15) is 13.2 Å². The van der Waals surface area contributed by atoms with E-state index in [1.165, 1.54) is 12.1 Å². The van der Waals surface area contributed by atoms with E-state index in [1.54, 1.807) is 0 Å². The molecule has 1 heterocycles. The third kappa shape index (κ3) is 4.70. The number of hydrogen-bond acceptors (Lipinski definition) is 4. The van der Waals surface area contributed by atoms with Crippen molar-refractivity contribution in [1.29, 1.82) is 0 Å². The summed E-state index contributed by atoms with van der Waals surface area (Å²) in [4.78, 5) is 7.52. The Morgan fingerprint density at radius 2 is 1.50 bits per heavy atom. The van der Waals surface area contributed by atoms with Gasteiger partial charge in [-0.25, -0.2) is 23.1 Å². The van der Waals surface area contributed by atoms with Crippen molar-refractivity contribution in [2.24, 2.45) is 0 Å². The maximum Gasteiger partial charge on any atom is 0.419 e. The topological polar surface area (TPSA) is 44.2 Å². The fourth-order valence-electron chi connectivity index (χ4n) is 2.15. The second-order valence-electron chi connectivity index (χ2n) is 5.47. The van der Waals surface area contributed by atoms with Crippen molar-refractivity contribution in [3.63, 3.8) is 0 Å². The molecular formula is C18H10F6N2O2. The minimum Gasteiger partial charge on any atom is -0.473 e. The van der Waals surface area contributed by atoms with Crippen LogP contribution < -0.4 is 9.47 Å². The molecule has 0 atom stereocenters. The summed E-state index contributed by atoms with van der Waals surface area (Å²) in [6.07, 6.45) is -3.85. The van der Waals surface area contributed by atoms with Crippen LogP contribution in [0.4, 0.5) is 26.3 Å². The second kappa shape index (κ2) is 7.75. The number of rotatable bonds is 5. The molecule has 10 heteroatoms. The lowest BCUT2D eigenvalue weighted by atomic mass is 10.2. The Bertz CT molecular complexity index is 994. The maximum absolute atomic E-state index is 13.3. The van der Waals surface area contributed by atoms with Crippen LogP contribution in [0.2, 0.25) is 0 Å². The first-order valence-electron chi connectivity index (χ1n) is 7.66. The predicted octanol–water partition coefficient (Wildman–Crippen LogP) is 5.28. The molecule has 3 aromatic rings. The maximum atomic E-state index is 13.3. The summed E-state index contributed by atoms with van der Waals surface area (Å²) in [5.41, 5.74) is -1.15. The fraction of sp³-hybridized carbons (Fsp3) is 0.111. The highest BCUT2D eigenvalue weighted by molar-refractivity contribution is 5.34. The Hall–Kier alpha value is -3.30. The third-order valence-electron chi connectivity index (χ3n) is 3.45. The molecule has 0 bridgehead atoms. The van der Waals surface area contributed by atoms with Gasteiger partial charge >= 0.3 is 6.18 Å². The molecule has 0 fully saturated rings. The molecule has 0 spiro atoms. The van der Waals surface area contributed by atoms with Crippen LogP contribution in [0.1, 0.15) is 11.1 Å². The molecule has 3 rings (SSSR count). The number of nitrogens with zero attached hydrogens (tertiary/aromatic N) is 2. The fourth-order valence-corrected chi connectivity index (χ4v) is 2.15. The molecule has 0 saturated heterocycles. The Labute approximate surface area is 154 Å². The summed E-state index contributed by atoms with van der Waals surface area (Å²) in [7, 11) is 0. The number of ether oxygens (including phenoxy) is 2. The standard InChI is InChI=1S/C18H10F6N2O2/c19-13-4-2-11(6-12(13)18(22,23)24)28-17-7-16(25-9-26-17)27-8-10-1-3-14(20)15(21)5-10/h1-7,9H,8H2. The van der Waals surface area contributed by atoms with Crippen molar-refractivity contribution < 1.29 is 35.8 Å². The molecule has 0 N–H and O–H groups in total. The average Bonchev–Trinajstić information content (AvgIpc) is 2.64. The van der Waals surface area contributed by atoms with E-state index in [-0.39, 0.29) is 24.1 Å². The summed E-state index contributed by atoms with van der Waals surface area (Å²) in [5, 5.41) is 0. The number of aromatic nitrogens is 2. The number of halogens is 6. The van der Waals surface area contributed by atoms with Gasteiger partial charge in [0.25, 0.3) is 0 Å². The van der Waals surface area contributed by atoms with Crippen LogP contribution in [0.5, 0.6) is 17.5 Å². The van der Waals surface area contributed by atoms with Crippen LogP contribution in [-0.2, 0) is 12.8 Å². The second-order valence-corrected chi connectivity index (χ2v) is 5.47. The van der Waals surface area contributed by atoms with Gasteiger partial charge in [0, 0.05) is 0 Å². The Morgan fingerprint density at radius 3 is 2.21 bits per heavy atom. The van der Waals surface area contributed by atoms with E-state index in [1.807, 2.05) is 0 Å². The van der Waals surface area contributed by atoms with Crippen LogP contribution in [0, 0.1) is 17.5 Å². The van der Waals surface area contributed by atoms with Crippen LogP contribution in [0.15, 0.2) is 48.8 Å². The highest BCUT2D eigenvalue weighted by Gasteiger charge is 2.34. The van der Waals surface area contributed by atoms with Crippen LogP contribution in [0.25, 0.3) is 0 Å². The highest BCUT2D eigenvalue weighted by Crippen LogP contribution is 2.34. The predicted molar refractivity (Wildman–Crippen MR) is 84.2 cm³/mol. The van der Waals surface area contributed by atoms with Crippen LogP contribution in [0.3, 0.4) is 0 Å². The van der Waals surface area contributed by atoms with Gasteiger partial charge in [-0.05, 0) is 35.9 Å². The lowest BCUT2D eigenvalue weighted by molar-refractivity contribution is -0.140. The third-order valence-corrected chi connectivity index (χ3v) is 3.45. The molecule has 0 radical (unpaired) electrons. The molecule has 28 heavy (non-hydrogen) atoms. The van der Waals surface area contributed by atoms with Gasteiger partial charge in [0.1, 0.15) is 24.5 Å². The Morgan fingerprint density at radius 1 is 0.786 bits per heavy atom. The summed E-state index contributed by atoms with van der Waals surface area (Å²) < 4.78 is 88.1. The van der Waals surface area contributed by atoms with E-state index < -0.39 is 29.2 Å². The zero-order valence-electron chi connectivity index (χ0n) is 13.8. The normalized spacial score (nSPS) is 11.4. The Kier molecular flexibility index (Phi) is 5.39. The number of hydrogen-bond donors (Lipinski definition) is 0. The van der Waals surface area contributed by atoms with Gasteiger partial charge in [0.2, 0.25) is 11.8 Å². The van der Waals surface area contributed by atoms with E-state index in [9.17, 15) is 26.3 Å². The highest BCUT2D eigenvalue weighted by atomic mass is 19.4. The van der Waals surface area contributed by atoms with Gasteiger partial charge in [-0.3, -0.25) is 0 Å². The van der Waals surface area contributed by atoms with E-state index in [0.29, 0.717) is 17.7 Å². The monoisotopic (exact) mass is 400 g/mol. The first-order chi connectivity index (χ1) is 13.2. The van der Waals surface area contributed by atoms with Gasteiger partial charge < -0.3 is 9.47 Å². The molecule has 4 nitrogen and oxygen atoms in total. The lowest BCUT2D eigenvalue weighted by Crippen LogP contribution is -2.08. The van der Waals surface area contributed by atoms with Gasteiger partial charge in [-0.1, -0.05) is 6.07 Å².